The zero-order valence-corrected chi connectivity index (χ0v) is 16.1. The fourth-order valence-electron chi connectivity index (χ4n) is 3.13. The van der Waals surface area contributed by atoms with Crippen molar-refractivity contribution in [3.05, 3.63) is 66.6 Å². The topological polar surface area (TPSA) is 60.7 Å². The van der Waals surface area contributed by atoms with Crippen LogP contribution in [0, 0.1) is 0 Å². The van der Waals surface area contributed by atoms with E-state index in [9.17, 15) is 13.2 Å². The summed E-state index contributed by atoms with van der Waals surface area (Å²) in [6, 6.07) is 10.4. The lowest BCUT2D eigenvalue weighted by atomic mass is 10.1. The van der Waals surface area contributed by atoms with Crippen molar-refractivity contribution in [2.75, 3.05) is 19.5 Å². The van der Waals surface area contributed by atoms with Crippen LogP contribution >= 0.6 is 0 Å². The van der Waals surface area contributed by atoms with Crippen LogP contribution < -0.4 is 14.8 Å². The molecule has 4 aromatic rings. The first-order valence-electron chi connectivity index (χ1n) is 8.89. The molecule has 9 heteroatoms. The Labute approximate surface area is 169 Å². The third-order valence-electron chi connectivity index (χ3n) is 4.56. The number of anilines is 2. The molecule has 0 saturated carbocycles. The van der Waals surface area contributed by atoms with E-state index in [-0.39, 0.29) is 5.69 Å². The molecule has 2 aromatic carbocycles. The summed E-state index contributed by atoms with van der Waals surface area (Å²) in [4.78, 5) is 8.65. The SMILES string of the molecule is COc1ccc(-c2cnc3c(Nc4cccc(C(F)(F)F)c4)nccn23)cc1OC. The zero-order valence-electron chi connectivity index (χ0n) is 16.1. The van der Waals surface area contributed by atoms with Crippen LogP contribution in [0.25, 0.3) is 16.9 Å². The molecule has 154 valence electrons. The van der Waals surface area contributed by atoms with Crippen LogP contribution in [0.1, 0.15) is 5.56 Å². The number of ether oxygens (including phenoxy) is 2. The smallest absolute Gasteiger partial charge is 0.416 e. The van der Waals surface area contributed by atoms with Crippen LogP contribution in [0.5, 0.6) is 11.5 Å². The minimum atomic E-state index is -4.43. The van der Waals surface area contributed by atoms with Crippen molar-refractivity contribution in [2.45, 2.75) is 6.18 Å². The maximum atomic E-state index is 13.0. The summed E-state index contributed by atoms with van der Waals surface area (Å²) in [5.41, 5.74) is 1.59. The molecule has 0 atom stereocenters. The summed E-state index contributed by atoms with van der Waals surface area (Å²) >= 11 is 0. The lowest BCUT2D eigenvalue weighted by Gasteiger charge is -2.11. The number of benzene rings is 2. The first-order chi connectivity index (χ1) is 14.4. The van der Waals surface area contributed by atoms with Gasteiger partial charge in [0.15, 0.2) is 23.0 Å². The molecule has 4 rings (SSSR count). The second-order valence-corrected chi connectivity index (χ2v) is 6.39. The van der Waals surface area contributed by atoms with Crippen LogP contribution in [0.3, 0.4) is 0 Å². The number of aromatic nitrogens is 3. The van der Waals surface area contributed by atoms with Crippen LogP contribution in [-0.4, -0.2) is 28.6 Å². The van der Waals surface area contributed by atoms with Gasteiger partial charge >= 0.3 is 6.18 Å². The van der Waals surface area contributed by atoms with Crippen molar-refractivity contribution in [3.63, 3.8) is 0 Å². The van der Waals surface area contributed by atoms with Gasteiger partial charge in [0.1, 0.15) is 0 Å². The van der Waals surface area contributed by atoms with E-state index in [0.29, 0.717) is 23.0 Å². The number of halogens is 3. The van der Waals surface area contributed by atoms with Gasteiger partial charge in [0.2, 0.25) is 0 Å². The normalized spacial score (nSPS) is 11.5. The van der Waals surface area contributed by atoms with Crippen molar-refractivity contribution < 1.29 is 22.6 Å². The van der Waals surface area contributed by atoms with E-state index in [2.05, 4.69) is 15.3 Å². The largest absolute Gasteiger partial charge is 0.493 e. The molecule has 0 spiro atoms. The van der Waals surface area contributed by atoms with Gasteiger partial charge in [-0.15, -0.1) is 0 Å². The molecule has 0 radical (unpaired) electrons. The highest BCUT2D eigenvalue weighted by Gasteiger charge is 2.30. The predicted octanol–water partition coefficient (Wildman–Crippen LogP) is 5.18. The van der Waals surface area contributed by atoms with Gasteiger partial charge in [-0.1, -0.05) is 6.07 Å². The number of alkyl halides is 3. The fraction of sp³-hybridized carbons (Fsp3) is 0.143. The number of hydrogen-bond donors (Lipinski definition) is 1. The average molecular weight is 414 g/mol. The number of rotatable bonds is 5. The minimum absolute atomic E-state index is 0.265. The molecule has 6 nitrogen and oxygen atoms in total. The molecule has 0 aliphatic rings. The van der Waals surface area contributed by atoms with Gasteiger partial charge in [0.25, 0.3) is 0 Å². The van der Waals surface area contributed by atoms with Crippen molar-refractivity contribution in [1.82, 2.24) is 14.4 Å². The molecule has 2 heterocycles. The Hall–Kier alpha value is -3.75. The number of fused-ring (bicyclic) bond motifs is 1. The Bertz CT molecular complexity index is 1200. The fourth-order valence-corrected chi connectivity index (χ4v) is 3.13. The first-order valence-corrected chi connectivity index (χ1v) is 8.89. The molecule has 0 unspecified atom stereocenters. The van der Waals surface area contributed by atoms with Gasteiger partial charge < -0.3 is 14.8 Å². The summed E-state index contributed by atoms with van der Waals surface area (Å²) < 4.78 is 51.4. The standard InChI is InChI=1S/C21H17F3N4O2/c1-29-17-7-6-13(10-18(17)30-2)16-12-26-20-19(25-8-9-28(16)20)27-15-5-3-4-14(11-15)21(22,23)24/h3-12H,1-2H3,(H,25,27). The van der Waals surface area contributed by atoms with Crippen LogP contribution in [-0.2, 0) is 6.18 Å². The van der Waals surface area contributed by atoms with Crippen LogP contribution in [0.2, 0.25) is 0 Å². The summed E-state index contributed by atoms with van der Waals surface area (Å²) in [5, 5.41) is 2.93. The number of nitrogens with one attached hydrogen (secondary N) is 1. The molecule has 0 saturated heterocycles. The summed E-state index contributed by atoms with van der Waals surface area (Å²) in [6.45, 7) is 0. The van der Waals surface area contributed by atoms with Gasteiger partial charge in [0, 0.05) is 23.6 Å². The molecule has 1 N–H and O–H groups in total. The van der Waals surface area contributed by atoms with Gasteiger partial charge in [-0.05, 0) is 36.4 Å². The molecule has 0 fully saturated rings. The zero-order chi connectivity index (χ0) is 21.3. The van der Waals surface area contributed by atoms with Gasteiger partial charge in [-0.25, -0.2) is 9.97 Å². The van der Waals surface area contributed by atoms with E-state index in [1.54, 1.807) is 49.3 Å². The lowest BCUT2D eigenvalue weighted by molar-refractivity contribution is -0.137. The van der Waals surface area contributed by atoms with Crippen LogP contribution in [0.4, 0.5) is 24.7 Å². The Morgan fingerprint density at radius 2 is 1.77 bits per heavy atom. The highest BCUT2D eigenvalue weighted by atomic mass is 19.4. The number of hydrogen-bond acceptors (Lipinski definition) is 5. The summed E-state index contributed by atoms with van der Waals surface area (Å²) in [7, 11) is 3.11. The van der Waals surface area contributed by atoms with Crippen LogP contribution in [0.15, 0.2) is 61.1 Å². The summed E-state index contributed by atoms with van der Waals surface area (Å²) in [5.74, 6) is 1.51. The monoisotopic (exact) mass is 414 g/mol. The Morgan fingerprint density at radius 3 is 2.50 bits per heavy atom. The quantitative estimate of drug-likeness (QED) is 0.488. The lowest BCUT2D eigenvalue weighted by Crippen LogP contribution is -2.05. The maximum Gasteiger partial charge on any atom is 0.416 e. The molecule has 2 aromatic heterocycles. The Kier molecular flexibility index (Phi) is 4.94. The van der Waals surface area contributed by atoms with E-state index < -0.39 is 11.7 Å². The van der Waals surface area contributed by atoms with Gasteiger partial charge in [0.05, 0.1) is 31.7 Å². The van der Waals surface area contributed by atoms with E-state index in [1.807, 2.05) is 12.1 Å². The van der Waals surface area contributed by atoms with E-state index in [0.717, 1.165) is 23.4 Å². The molecule has 0 aliphatic heterocycles. The second-order valence-electron chi connectivity index (χ2n) is 6.39. The highest BCUT2D eigenvalue weighted by Crippen LogP contribution is 2.34. The molecule has 30 heavy (non-hydrogen) atoms. The first kappa shape index (κ1) is 19.6. The van der Waals surface area contributed by atoms with E-state index >= 15 is 0 Å². The van der Waals surface area contributed by atoms with Crippen molar-refractivity contribution in [3.8, 4) is 22.8 Å². The molecule has 0 amide bonds. The van der Waals surface area contributed by atoms with E-state index in [4.69, 9.17) is 9.47 Å². The molecule has 0 bridgehead atoms. The molecular formula is C21H17F3N4O2. The minimum Gasteiger partial charge on any atom is -0.493 e. The predicted molar refractivity (Wildman–Crippen MR) is 106 cm³/mol. The molecular weight excluding hydrogens is 397 g/mol. The van der Waals surface area contributed by atoms with Crippen molar-refractivity contribution in [1.29, 1.82) is 0 Å². The summed E-state index contributed by atoms with van der Waals surface area (Å²) in [6.07, 6.45) is 0.515. The molecule has 0 aliphatic carbocycles. The third kappa shape index (κ3) is 3.61. The number of imidazole rings is 1. The van der Waals surface area contributed by atoms with Gasteiger partial charge in [-0.2, -0.15) is 13.2 Å². The number of methoxy groups -OCH3 is 2. The van der Waals surface area contributed by atoms with E-state index in [1.165, 1.54) is 6.07 Å². The number of nitrogens with zero attached hydrogens (tertiary/aromatic N) is 3. The third-order valence-corrected chi connectivity index (χ3v) is 4.56. The highest BCUT2D eigenvalue weighted by molar-refractivity contribution is 5.75. The Morgan fingerprint density at radius 1 is 0.967 bits per heavy atom. The Balaban J connectivity index is 1.73. The maximum absolute atomic E-state index is 13.0. The average Bonchev–Trinajstić information content (AvgIpc) is 3.18. The van der Waals surface area contributed by atoms with Gasteiger partial charge in [-0.3, -0.25) is 4.40 Å². The van der Waals surface area contributed by atoms with Crippen molar-refractivity contribution in [2.24, 2.45) is 0 Å². The second kappa shape index (κ2) is 7.58. The van der Waals surface area contributed by atoms with Crippen molar-refractivity contribution >= 4 is 17.2 Å².